The van der Waals surface area contributed by atoms with Crippen LogP contribution in [-0.4, -0.2) is 34.1 Å². The SMILES string of the molecule is O=C(Cc1ccccc1)N1C2CCC1CC(O)C2. The lowest BCUT2D eigenvalue weighted by molar-refractivity contribution is -0.136. The Kier molecular flexibility index (Phi) is 3.08. The van der Waals surface area contributed by atoms with E-state index in [4.69, 9.17) is 0 Å². The summed E-state index contributed by atoms with van der Waals surface area (Å²) < 4.78 is 0. The standard InChI is InChI=1S/C15H19NO2/c17-14-9-12-6-7-13(10-14)16(12)15(18)8-11-4-2-1-3-5-11/h1-5,12-14,17H,6-10H2. The molecular weight excluding hydrogens is 226 g/mol. The monoisotopic (exact) mass is 245 g/mol. The molecule has 0 aliphatic carbocycles. The molecule has 2 fully saturated rings. The number of aliphatic hydroxyl groups excluding tert-OH is 1. The van der Waals surface area contributed by atoms with Crippen LogP contribution in [0.15, 0.2) is 30.3 Å². The Labute approximate surface area is 107 Å². The highest BCUT2D eigenvalue weighted by molar-refractivity contribution is 5.79. The molecule has 0 radical (unpaired) electrons. The first kappa shape index (κ1) is 11.7. The van der Waals surface area contributed by atoms with Gasteiger partial charge in [-0.05, 0) is 31.2 Å². The van der Waals surface area contributed by atoms with Crippen LogP contribution >= 0.6 is 0 Å². The Morgan fingerprint density at radius 3 is 2.39 bits per heavy atom. The van der Waals surface area contributed by atoms with Gasteiger partial charge in [-0.25, -0.2) is 0 Å². The zero-order valence-corrected chi connectivity index (χ0v) is 10.5. The third-order valence-corrected chi connectivity index (χ3v) is 4.19. The molecule has 2 heterocycles. The molecule has 0 aromatic heterocycles. The molecule has 2 saturated heterocycles. The van der Waals surface area contributed by atoms with Crippen LogP contribution in [0.3, 0.4) is 0 Å². The highest BCUT2D eigenvalue weighted by atomic mass is 16.3. The van der Waals surface area contributed by atoms with E-state index in [1.807, 2.05) is 35.2 Å². The molecular formula is C15H19NO2. The maximum Gasteiger partial charge on any atom is 0.227 e. The van der Waals surface area contributed by atoms with Crippen molar-refractivity contribution in [3.8, 4) is 0 Å². The van der Waals surface area contributed by atoms with Gasteiger partial charge in [-0.2, -0.15) is 0 Å². The summed E-state index contributed by atoms with van der Waals surface area (Å²) in [4.78, 5) is 14.4. The summed E-state index contributed by atoms with van der Waals surface area (Å²) >= 11 is 0. The first-order valence-electron chi connectivity index (χ1n) is 6.77. The summed E-state index contributed by atoms with van der Waals surface area (Å²) in [5.74, 6) is 0.223. The van der Waals surface area contributed by atoms with E-state index >= 15 is 0 Å². The number of nitrogens with zero attached hydrogens (tertiary/aromatic N) is 1. The lowest BCUT2D eigenvalue weighted by Crippen LogP contribution is -2.48. The van der Waals surface area contributed by atoms with E-state index in [2.05, 4.69) is 0 Å². The largest absolute Gasteiger partial charge is 0.393 e. The van der Waals surface area contributed by atoms with E-state index in [0.717, 1.165) is 31.2 Å². The van der Waals surface area contributed by atoms with Gasteiger partial charge in [0.05, 0.1) is 12.5 Å². The minimum atomic E-state index is -0.205. The van der Waals surface area contributed by atoms with Gasteiger partial charge < -0.3 is 10.0 Å². The predicted octanol–water partition coefficient (Wildman–Crippen LogP) is 1.74. The number of benzene rings is 1. The van der Waals surface area contributed by atoms with Gasteiger partial charge in [0.2, 0.25) is 5.91 Å². The molecule has 0 saturated carbocycles. The number of fused-ring (bicyclic) bond motifs is 2. The summed E-state index contributed by atoms with van der Waals surface area (Å²) in [5, 5.41) is 9.74. The zero-order chi connectivity index (χ0) is 12.5. The van der Waals surface area contributed by atoms with Crippen molar-refractivity contribution in [1.29, 1.82) is 0 Å². The fourth-order valence-corrected chi connectivity index (χ4v) is 3.42. The molecule has 3 heteroatoms. The van der Waals surface area contributed by atoms with Gasteiger partial charge >= 0.3 is 0 Å². The number of amides is 1. The maximum absolute atomic E-state index is 12.4. The highest BCUT2D eigenvalue weighted by Gasteiger charge is 2.42. The van der Waals surface area contributed by atoms with Gasteiger partial charge in [-0.3, -0.25) is 4.79 Å². The lowest BCUT2D eigenvalue weighted by Gasteiger charge is -2.37. The Morgan fingerprint density at radius 1 is 1.17 bits per heavy atom. The van der Waals surface area contributed by atoms with Crippen LogP contribution in [0.25, 0.3) is 0 Å². The minimum Gasteiger partial charge on any atom is -0.393 e. The van der Waals surface area contributed by atoms with E-state index in [0.29, 0.717) is 6.42 Å². The van der Waals surface area contributed by atoms with Crippen molar-refractivity contribution in [2.75, 3.05) is 0 Å². The van der Waals surface area contributed by atoms with E-state index in [-0.39, 0.29) is 24.1 Å². The molecule has 0 spiro atoms. The summed E-state index contributed by atoms with van der Waals surface area (Å²) in [5.41, 5.74) is 1.08. The third-order valence-electron chi connectivity index (χ3n) is 4.19. The molecule has 3 rings (SSSR count). The second-order valence-corrected chi connectivity index (χ2v) is 5.47. The Balaban J connectivity index is 1.70. The van der Waals surface area contributed by atoms with E-state index in [9.17, 15) is 9.90 Å². The van der Waals surface area contributed by atoms with E-state index in [1.165, 1.54) is 0 Å². The van der Waals surface area contributed by atoms with Crippen molar-refractivity contribution in [2.24, 2.45) is 0 Å². The van der Waals surface area contributed by atoms with Gasteiger partial charge in [0.1, 0.15) is 0 Å². The molecule has 2 bridgehead atoms. The Bertz CT molecular complexity index is 417. The third kappa shape index (κ3) is 2.15. The fraction of sp³-hybridized carbons (Fsp3) is 0.533. The van der Waals surface area contributed by atoms with E-state index in [1.54, 1.807) is 0 Å². The van der Waals surface area contributed by atoms with Crippen LogP contribution in [0.4, 0.5) is 0 Å². The van der Waals surface area contributed by atoms with Crippen LogP contribution in [0.2, 0.25) is 0 Å². The normalized spacial score (nSPS) is 30.5. The fourth-order valence-electron chi connectivity index (χ4n) is 3.42. The number of hydrogen-bond acceptors (Lipinski definition) is 2. The molecule has 2 aliphatic rings. The van der Waals surface area contributed by atoms with Crippen molar-refractivity contribution in [3.63, 3.8) is 0 Å². The van der Waals surface area contributed by atoms with Crippen LogP contribution in [-0.2, 0) is 11.2 Å². The second-order valence-electron chi connectivity index (χ2n) is 5.47. The summed E-state index contributed by atoms with van der Waals surface area (Å²) in [6, 6.07) is 10.4. The first-order chi connectivity index (χ1) is 8.74. The average Bonchev–Trinajstić information content (AvgIpc) is 2.63. The molecule has 18 heavy (non-hydrogen) atoms. The predicted molar refractivity (Wildman–Crippen MR) is 69.0 cm³/mol. The molecule has 96 valence electrons. The highest BCUT2D eigenvalue weighted by Crippen LogP contribution is 2.36. The van der Waals surface area contributed by atoms with Crippen LogP contribution in [0.5, 0.6) is 0 Å². The maximum atomic E-state index is 12.4. The van der Waals surface area contributed by atoms with Crippen molar-refractivity contribution < 1.29 is 9.90 Å². The van der Waals surface area contributed by atoms with Crippen LogP contribution in [0, 0.1) is 0 Å². The zero-order valence-electron chi connectivity index (χ0n) is 10.5. The number of rotatable bonds is 2. The molecule has 1 aromatic rings. The van der Waals surface area contributed by atoms with Gasteiger partial charge in [0.15, 0.2) is 0 Å². The smallest absolute Gasteiger partial charge is 0.227 e. The van der Waals surface area contributed by atoms with E-state index < -0.39 is 0 Å². The lowest BCUT2D eigenvalue weighted by atomic mass is 9.99. The molecule has 2 unspecified atom stereocenters. The van der Waals surface area contributed by atoms with Gasteiger partial charge in [-0.1, -0.05) is 30.3 Å². The Morgan fingerprint density at radius 2 is 1.78 bits per heavy atom. The molecule has 3 nitrogen and oxygen atoms in total. The number of carbonyl (C=O) groups excluding carboxylic acids is 1. The number of hydrogen-bond donors (Lipinski definition) is 1. The van der Waals surface area contributed by atoms with Gasteiger partial charge in [0, 0.05) is 12.1 Å². The molecule has 2 atom stereocenters. The van der Waals surface area contributed by atoms with Crippen LogP contribution < -0.4 is 0 Å². The topological polar surface area (TPSA) is 40.5 Å². The summed E-state index contributed by atoms with van der Waals surface area (Å²) in [6.07, 6.45) is 3.92. The quantitative estimate of drug-likeness (QED) is 0.862. The molecule has 2 aliphatic heterocycles. The van der Waals surface area contributed by atoms with Crippen LogP contribution in [0.1, 0.15) is 31.2 Å². The summed E-state index contributed by atoms with van der Waals surface area (Å²) in [6.45, 7) is 0. The van der Waals surface area contributed by atoms with Gasteiger partial charge in [0.25, 0.3) is 0 Å². The second kappa shape index (κ2) is 4.73. The Hall–Kier alpha value is -1.35. The average molecular weight is 245 g/mol. The first-order valence-corrected chi connectivity index (χ1v) is 6.77. The number of aliphatic hydroxyl groups is 1. The molecule has 1 amide bonds. The number of piperidine rings is 1. The van der Waals surface area contributed by atoms with Gasteiger partial charge in [-0.15, -0.1) is 0 Å². The minimum absolute atomic E-state index is 0.205. The van der Waals surface area contributed by atoms with Crippen molar-refractivity contribution in [1.82, 2.24) is 4.90 Å². The van der Waals surface area contributed by atoms with Crippen molar-refractivity contribution in [3.05, 3.63) is 35.9 Å². The van der Waals surface area contributed by atoms with Crippen molar-refractivity contribution in [2.45, 2.75) is 50.3 Å². The molecule has 1 aromatic carbocycles. The van der Waals surface area contributed by atoms with Crippen molar-refractivity contribution >= 4 is 5.91 Å². The number of carbonyl (C=O) groups is 1. The summed E-state index contributed by atoms with van der Waals surface area (Å²) in [7, 11) is 0. The molecule has 1 N–H and O–H groups in total.